The molecule has 1 fully saturated rings. The fourth-order valence-corrected chi connectivity index (χ4v) is 4.05. The summed E-state index contributed by atoms with van der Waals surface area (Å²) in [7, 11) is 2.90. The predicted molar refractivity (Wildman–Crippen MR) is 97.1 cm³/mol. The molecular formula is C19H20N4O4. The van der Waals surface area contributed by atoms with Crippen LogP contribution in [0.1, 0.15) is 29.7 Å². The van der Waals surface area contributed by atoms with Gasteiger partial charge in [0.05, 0.1) is 6.54 Å². The van der Waals surface area contributed by atoms with Gasteiger partial charge in [0, 0.05) is 25.9 Å². The molecule has 0 bridgehead atoms. The second-order valence-electron chi connectivity index (χ2n) is 7.11. The van der Waals surface area contributed by atoms with Gasteiger partial charge in [-0.25, -0.2) is 9.59 Å². The molecule has 2 heterocycles. The first kappa shape index (κ1) is 17.3. The zero-order chi connectivity index (χ0) is 19.3. The molecule has 3 amide bonds. The van der Waals surface area contributed by atoms with E-state index in [0.29, 0.717) is 12.1 Å². The number of nitrogens with one attached hydrogen (secondary N) is 1. The van der Waals surface area contributed by atoms with E-state index in [1.165, 1.54) is 24.7 Å². The Bertz CT molecular complexity index is 1080. The molecule has 8 nitrogen and oxygen atoms in total. The van der Waals surface area contributed by atoms with E-state index in [-0.39, 0.29) is 12.5 Å². The molecule has 140 valence electrons. The van der Waals surface area contributed by atoms with Gasteiger partial charge in [0.1, 0.15) is 5.54 Å². The van der Waals surface area contributed by atoms with Crippen molar-refractivity contribution in [2.75, 3.05) is 0 Å². The lowest BCUT2D eigenvalue weighted by Crippen LogP contribution is -2.46. The molecule has 27 heavy (non-hydrogen) atoms. The topological polar surface area (TPSA) is 93.4 Å². The highest BCUT2D eigenvalue weighted by Crippen LogP contribution is 2.40. The van der Waals surface area contributed by atoms with Crippen LogP contribution in [0.25, 0.3) is 0 Å². The third-order valence-electron chi connectivity index (χ3n) is 5.60. The van der Waals surface area contributed by atoms with Crippen molar-refractivity contribution in [2.24, 2.45) is 14.1 Å². The van der Waals surface area contributed by atoms with Crippen molar-refractivity contribution in [1.29, 1.82) is 0 Å². The molecule has 0 saturated carbocycles. The summed E-state index contributed by atoms with van der Waals surface area (Å²) in [5.74, 6) is -0.340. The Labute approximate surface area is 155 Å². The molecule has 0 radical (unpaired) electrons. The standard InChI is InChI=1S/C19H20N4O4/c1-21-13(10-15(24)22(2)18(21)27)11-23-16(25)19(20-17(23)26)9-5-7-12-6-3-4-8-14(12)19/h3-4,6,8,10H,5,7,9,11H2,1-2H3,(H,20,26). The number of aryl methyl sites for hydroxylation is 1. The highest BCUT2D eigenvalue weighted by molar-refractivity contribution is 6.07. The number of nitrogens with zero attached hydrogens (tertiary/aromatic N) is 3. The summed E-state index contributed by atoms with van der Waals surface area (Å²) in [6.07, 6.45) is 2.19. The summed E-state index contributed by atoms with van der Waals surface area (Å²) in [4.78, 5) is 51.1. The normalized spacial score (nSPS) is 21.5. The first-order chi connectivity index (χ1) is 12.8. The number of benzene rings is 1. The van der Waals surface area contributed by atoms with E-state index in [1.54, 1.807) is 0 Å². The smallest absolute Gasteiger partial charge is 0.319 e. The van der Waals surface area contributed by atoms with Crippen LogP contribution in [-0.4, -0.2) is 26.0 Å². The molecule has 1 aliphatic carbocycles. The van der Waals surface area contributed by atoms with Crippen molar-refractivity contribution in [3.05, 3.63) is 68.0 Å². The summed E-state index contributed by atoms with van der Waals surface area (Å²) >= 11 is 0. The summed E-state index contributed by atoms with van der Waals surface area (Å²) in [5, 5.41) is 2.87. The van der Waals surface area contributed by atoms with Crippen LogP contribution in [0.2, 0.25) is 0 Å². The highest BCUT2D eigenvalue weighted by atomic mass is 16.2. The van der Waals surface area contributed by atoms with Crippen LogP contribution in [0.15, 0.2) is 39.9 Å². The first-order valence-corrected chi connectivity index (χ1v) is 8.83. The van der Waals surface area contributed by atoms with Gasteiger partial charge in [-0.15, -0.1) is 0 Å². The van der Waals surface area contributed by atoms with Gasteiger partial charge in [0.2, 0.25) is 0 Å². The number of aromatic nitrogens is 2. The maximum Gasteiger partial charge on any atom is 0.330 e. The number of hydrogen-bond acceptors (Lipinski definition) is 4. The monoisotopic (exact) mass is 368 g/mol. The van der Waals surface area contributed by atoms with Crippen molar-refractivity contribution in [3.63, 3.8) is 0 Å². The van der Waals surface area contributed by atoms with Gasteiger partial charge in [-0.2, -0.15) is 0 Å². The Kier molecular flexibility index (Phi) is 3.80. The third kappa shape index (κ3) is 2.43. The summed E-state index contributed by atoms with van der Waals surface area (Å²) < 4.78 is 2.26. The molecule has 1 spiro atoms. The van der Waals surface area contributed by atoms with Crippen LogP contribution in [0.3, 0.4) is 0 Å². The molecule has 1 atom stereocenters. The molecular weight excluding hydrogens is 348 g/mol. The van der Waals surface area contributed by atoms with Crippen LogP contribution in [-0.2, 0) is 37.4 Å². The summed E-state index contributed by atoms with van der Waals surface area (Å²) in [5.41, 5.74) is 0.160. The van der Waals surface area contributed by atoms with E-state index >= 15 is 0 Å². The molecule has 1 aromatic heterocycles. The lowest BCUT2D eigenvalue weighted by molar-refractivity contribution is -0.132. The number of amides is 3. The number of fused-ring (bicyclic) bond motifs is 2. The van der Waals surface area contributed by atoms with Gasteiger partial charge >= 0.3 is 11.7 Å². The van der Waals surface area contributed by atoms with Crippen molar-refractivity contribution < 1.29 is 9.59 Å². The quantitative estimate of drug-likeness (QED) is 0.775. The zero-order valence-corrected chi connectivity index (χ0v) is 15.2. The number of rotatable bonds is 2. The minimum absolute atomic E-state index is 0.129. The molecule has 2 aliphatic rings. The van der Waals surface area contributed by atoms with E-state index in [9.17, 15) is 19.2 Å². The fraction of sp³-hybridized carbons (Fsp3) is 0.368. The summed E-state index contributed by atoms with van der Waals surface area (Å²) in [6.45, 7) is -0.129. The molecule has 1 aromatic carbocycles. The molecule has 8 heteroatoms. The van der Waals surface area contributed by atoms with Crippen LogP contribution in [0.4, 0.5) is 4.79 Å². The highest BCUT2D eigenvalue weighted by Gasteiger charge is 2.53. The number of carbonyl (C=O) groups is 2. The van der Waals surface area contributed by atoms with Gasteiger partial charge in [0.25, 0.3) is 11.5 Å². The Morgan fingerprint density at radius 1 is 1.07 bits per heavy atom. The van der Waals surface area contributed by atoms with Crippen molar-refractivity contribution >= 4 is 11.9 Å². The van der Waals surface area contributed by atoms with Gasteiger partial charge < -0.3 is 5.32 Å². The van der Waals surface area contributed by atoms with Crippen molar-refractivity contribution in [3.8, 4) is 0 Å². The second-order valence-corrected chi connectivity index (χ2v) is 7.11. The lowest BCUT2D eigenvalue weighted by Gasteiger charge is -2.33. The Hall–Kier alpha value is -3.16. The van der Waals surface area contributed by atoms with Crippen molar-refractivity contribution in [2.45, 2.75) is 31.3 Å². The van der Waals surface area contributed by atoms with Gasteiger partial charge in [-0.3, -0.25) is 23.6 Å². The van der Waals surface area contributed by atoms with E-state index < -0.39 is 22.8 Å². The molecule has 1 N–H and O–H groups in total. The van der Waals surface area contributed by atoms with Crippen LogP contribution >= 0.6 is 0 Å². The Balaban J connectivity index is 1.74. The number of imide groups is 1. The van der Waals surface area contributed by atoms with Gasteiger partial charge in [-0.1, -0.05) is 24.3 Å². The Morgan fingerprint density at radius 2 is 1.81 bits per heavy atom. The molecule has 1 unspecified atom stereocenters. The Morgan fingerprint density at radius 3 is 2.59 bits per heavy atom. The molecule has 4 rings (SSSR count). The minimum Gasteiger partial charge on any atom is -0.319 e. The molecule has 1 aliphatic heterocycles. The average Bonchev–Trinajstić information content (AvgIpc) is 2.89. The SMILES string of the molecule is Cn1c(CN2C(=O)NC3(CCCc4ccccc43)C2=O)cc(=O)n(C)c1=O. The van der Waals surface area contributed by atoms with E-state index in [1.807, 2.05) is 24.3 Å². The van der Waals surface area contributed by atoms with E-state index in [0.717, 1.165) is 33.4 Å². The van der Waals surface area contributed by atoms with Crippen LogP contribution in [0.5, 0.6) is 0 Å². The summed E-state index contributed by atoms with van der Waals surface area (Å²) in [6, 6.07) is 8.41. The van der Waals surface area contributed by atoms with Gasteiger partial charge in [0.15, 0.2) is 0 Å². The number of urea groups is 1. The predicted octanol–water partition coefficient (Wildman–Crippen LogP) is 0.368. The van der Waals surface area contributed by atoms with E-state index in [2.05, 4.69) is 5.32 Å². The lowest BCUT2D eigenvalue weighted by atomic mass is 9.76. The molecule has 1 saturated heterocycles. The second kappa shape index (κ2) is 5.94. The average molecular weight is 368 g/mol. The largest absolute Gasteiger partial charge is 0.330 e. The van der Waals surface area contributed by atoms with Crippen LogP contribution < -0.4 is 16.6 Å². The minimum atomic E-state index is -1.06. The van der Waals surface area contributed by atoms with Gasteiger partial charge in [-0.05, 0) is 30.4 Å². The maximum atomic E-state index is 13.3. The zero-order valence-electron chi connectivity index (χ0n) is 15.2. The van der Waals surface area contributed by atoms with Crippen molar-refractivity contribution in [1.82, 2.24) is 19.4 Å². The number of hydrogen-bond donors (Lipinski definition) is 1. The molecule has 2 aromatic rings. The van der Waals surface area contributed by atoms with E-state index in [4.69, 9.17) is 0 Å². The van der Waals surface area contributed by atoms with Crippen LogP contribution in [0, 0.1) is 0 Å². The first-order valence-electron chi connectivity index (χ1n) is 8.83. The maximum absolute atomic E-state index is 13.3. The third-order valence-corrected chi connectivity index (χ3v) is 5.60. The number of carbonyl (C=O) groups excluding carboxylic acids is 2. The fourth-order valence-electron chi connectivity index (χ4n) is 4.05.